The van der Waals surface area contributed by atoms with E-state index in [-0.39, 0.29) is 5.56 Å². The maximum Gasteiger partial charge on any atom is 0.335 e. The molecule has 1 unspecified atom stereocenters. The smallest absolute Gasteiger partial charge is 0.335 e. The molecule has 0 saturated carbocycles. The van der Waals surface area contributed by atoms with Crippen LogP contribution in [0.4, 0.5) is 5.82 Å². The van der Waals surface area contributed by atoms with Gasteiger partial charge in [-0.15, -0.1) is 0 Å². The second-order valence-corrected chi connectivity index (χ2v) is 4.60. The van der Waals surface area contributed by atoms with E-state index in [0.29, 0.717) is 30.9 Å². The molecule has 1 rings (SSSR count). The van der Waals surface area contributed by atoms with Gasteiger partial charge in [0.15, 0.2) is 0 Å². The van der Waals surface area contributed by atoms with E-state index < -0.39 is 11.6 Å². The molecule has 100 valence electrons. The molecule has 0 saturated heterocycles. The van der Waals surface area contributed by atoms with Gasteiger partial charge in [-0.2, -0.15) is 0 Å². The number of aromatic nitrogens is 1. The lowest BCUT2D eigenvalue weighted by atomic mass is 10.0. The SMILES string of the molecule is CCc1cc(C(=O)O)cc(NCC(C)(O)CC)n1. The standard InChI is InChI=1S/C13H20N2O3/c1-4-10-6-9(12(16)17)7-11(15-10)14-8-13(3,18)5-2/h6-7,18H,4-5,8H2,1-3H3,(H,14,15)(H,16,17). The van der Waals surface area contributed by atoms with E-state index in [9.17, 15) is 9.90 Å². The summed E-state index contributed by atoms with van der Waals surface area (Å²) in [5.74, 6) is -0.488. The Morgan fingerprint density at radius 2 is 2.11 bits per heavy atom. The van der Waals surface area contributed by atoms with Gasteiger partial charge in [0.1, 0.15) is 5.82 Å². The van der Waals surface area contributed by atoms with E-state index in [1.165, 1.54) is 6.07 Å². The molecule has 0 fully saturated rings. The number of aliphatic hydroxyl groups is 1. The molecule has 5 heteroatoms. The van der Waals surface area contributed by atoms with Gasteiger partial charge in [-0.25, -0.2) is 9.78 Å². The second kappa shape index (κ2) is 5.82. The molecule has 0 aliphatic carbocycles. The molecule has 0 aliphatic rings. The second-order valence-electron chi connectivity index (χ2n) is 4.60. The lowest BCUT2D eigenvalue weighted by molar-refractivity contribution is 0.0693. The highest BCUT2D eigenvalue weighted by atomic mass is 16.4. The van der Waals surface area contributed by atoms with Gasteiger partial charge in [0, 0.05) is 12.2 Å². The van der Waals surface area contributed by atoms with Gasteiger partial charge in [-0.05, 0) is 31.9 Å². The number of aromatic carboxylic acids is 1. The third-order valence-corrected chi connectivity index (χ3v) is 2.90. The first-order valence-electron chi connectivity index (χ1n) is 6.08. The van der Waals surface area contributed by atoms with Gasteiger partial charge in [-0.1, -0.05) is 13.8 Å². The summed E-state index contributed by atoms with van der Waals surface area (Å²) in [6, 6.07) is 3.04. The summed E-state index contributed by atoms with van der Waals surface area (Å²) in [5.41, 5.74) is 0.0989. The van der Waals surface area contributed by atoms with E-state index >= 15 is 0 Å². The van der Waals surface area contributed by atoms with Crippen molar-refractivity contribution < 1.29 is 15.0 Å². The summed E-state index contributed by atoms with van der Waals surface area (Å²) in [7, 11) is 0. The summed E-state index contributed by atoms with van der Waals surface area (Å²) in [6.07, 6.45) is 1.28. The highest BCUT2D eigenvalue weighted by Crippen LogP contribution is 2.14. The minimum atomic E-state index is -0.975. The predicted octanol–water partition coefficient (Wildman–Crippen LogP) is 1.92. The van der Waals surface area contributed by atoms with Crippen molar-refractivity contribution in [3.8, 4) is 0 Å². The van der Waals surface area contributed by atoms with Crippen LogP contribution in [0.3, 0.4) is 0 Å². The summed E-state index contributed by atoms with van der Waals surface area (Å²) in [5, 5.41) is 21.9. The Morgan fingerprint density at radius 1 is 1.44 bits per heavy atom. The van der Waals surface area contributed by atoms with Gasteiger partial charge in [-0.3, -0.25) is 0 Å². The normalized spacial score (nSPS) is 14.0. The Balaban J connectivity index is 2.88. The Hall–Kier alpha value is -1.62. The molecule has 3 N–H and O–H groups in total. The zero-order valence-electron chi connectivity index (χ0n) is 11.0. The molecule has 0 aromatic carbocycles. The van der Waals surface area contributed by atoms with E-state index in [0.717, 1.165) is 0 Å². The number of anilines is 1. The van der Waals surface area contributed by atoms with Gasteiger partial charge in [0.25, 0.3) is 0 Å². The number of nitrogens with one attached hydrogen (secondary N) is 1. The molecule has 1 aromatic heterocycles. The van der Waals surface area contributed by atoms with E-state index in [1.807, 2.05) is 13.8 Å². The molecule has 1 heterocycles. The summed E-state index contributed by atoms with van der Waals surface area (Å²) >= 11 is 0. The number of carbonyl (C=O) groups is 1. The van der Waals surface area contributed by atoms with Crippen LogP contribution in [0.15, 0.2) is 12.1 Å². The van der Waals surface area contributed by atoms with Crippen LogP contribution in [0.5, 0.6) is 0 Å². The van der Waals surface area contributed by atoms with Gasteiger partial charge < -0.3 is 15.5 Å². The molecular weight excluding hydrogens is 232 g/mol. The fraction of sp³-hybridized carbons (Fsp3) is 0.538. The average molecular weight is 252 g/mol. The Morgan fingerprint density at radius 3 is 2.61 bits per heavy atom. The Kier molecular flexibility index (Phi) is 4.67. The predicted molar refractivity (Wildman–Crippen MR) is 70.0 cm³/mol. The first kappa shape index (κ1) is 14.4. The number of carboxylic acids is 1. The summed E-state index contributed by atoms with van der Waals surface area (Å²) in [4.78, 5) is 15.3. The quantitative estimate of drug-likeness (QED) is 0.720. The number of hydrogen-bond acceptors (Lipinski definition) is 4. The van der Waals surface area contributed by atoms with Crippen molar-refractivity contribution in [2.24, 2.45) is 0 Å². The van der Waals surface area contributed by atoms with Crippen LogP contribution in [0.25, 0.3) is 0 Å². The molecule has 1 aromatic rings. The molecule has 0 bridgehead atoms. The van der Waals surface area contributed by atoms with Crippen LogP contribution in [0.1, 0.15) is 43.2 Å². The number of nitrogens with zero attached hydrogens (tertiary/aromatic N) is 1. The molecule has 5 nitrogen and oxygen atoms in total. The number of pyridine rings is 1. The molecule has 18 heavy (non-hydrogen) atoms. The van der Waals surface area contributed by atoms with Crippen LogP contribution in [-0.4, -0.2) is 33.3 Å². The van der Waals surface area contributed by atoms with E-state index in [4.69, 9.17) is 5.11 Å². The first-order chi connectivity index (χ1) is 8.38. The van der Waals surface area contributed by atoms with Crippen LogP contribution < -0.4 is 5.32 Å². The minimum Gasteiger partial charge on any atom is -0.478 e. The van der Waals surface area contributed by atoms with Crippen molar-refractivity contribution in [1.29, 1.82) is 0 Å². The summed E-state index contributed by atoms with van der Waals surface area (Å²) < 4.78 is 0. The Labute approximate surface area is 107 Å². The van der Waals surface area contributed by atoms with Gasteiger partial charge in [0.2, 0.25) is 0 Å². The van der Waals surface area contributed by atoms with Crippen molar-refractivity contribution in [3.63, 3.8) is 0 Å². The van der Waals surface area contributed by atoms with Crippen molar-refractivity contribution >= 4 is 11.8 Å². The molecular formula is C13H20N2O3. The molecule has 0 spiro atoms. The fourth-order valence-electron chi connectivity index (χ4n) is 1.39. The molecule has 0 amide bonds. The van der Waals surface area contributed by atoms with Gasteiger partial charge in [0.05, 0.1) is 11.2 Å². The lowest BCUT2D eigenvalue weighted by Crippen LogP contribution is -2.32. The summed E-state index contributed by atoms with van der Waals surface area (Å²) in [6.45, 7) is 5.87. The van der Waals surface area contributed by atoms with E-state index in [2.05, 4.69) is 10.3 Å². The van der Waals surface area contributed by atoms with Crippen LogP contribution in [0, 0.1) is 0 Å². The van der Waals surface area contributed by atoms with Gasteiger partial charge >= 0.3 is 5.97 Å². The van der Waals surface area contributed by atoms with Crippen molar-refractivity contribution in [1.82, 2.24) is 4.98 Å². The zero-order valence-corrected chi connectivity index (χ0v) is 11.0. The van der Waals surface area contributed by atoms with Crippen LogP contribution in [0.2, 0.25) is 0 Å². The van der Waals surface area contributed by atoms with E-state index in [1.54, 1.807) is 13.0 Å². The third kappa shape index (κ3) is 4.00. The van der Waals surface area contributed by atoms with Crippen LogP contribution >= 0.6 is 0 Å². The third-order valence-electron chi connectivity index (χ3n) is 2.90. The highest BCUT2D eigenvalue weighted by molar-refractivity contribution is 5.88. The highest BCUT2D eigenvalue weighted by Gasteiger charge is 2.17. The number of hydrogen-bond donors (Lipinski definition) is 3. The Bertz CT molecular complexity index is 430. The van der Waals surface area contributed by atoms with Crippen molar-refractivity contribution in [3.05, 3.63) is 23.4 Å². The number of aryl methyl sites for hydroxylation is 1. The first-order valence-corrected chi connectivity index (χ1v) is 6.08. The zero-order chi connectivity index (χ0) is 13.8. The lowest BCUT2D eigenvalue weighted by Gasteiger charge is -2.22. The average Bonchev–Trinajstić information content (AvgIpc) is 2.36. The van der Waals surface area contributed by atoms with Crippen LogP contribution in [-0.2, 0) is 6.42 Å². The molecule has 0 aliphatic heterocycles. The maximum absolute atomic E-state index is 11.0. The largest absolute Gasteiger partial charge is 0.478 e. The topological polar surface area (TPSA) is 82.5 Å². The maximum atomic E-state index is 11.0. The van der Waals surface area contributed by atoms with Crippen molar-refractivity contribution in [2.45, 2.75) is 39.2 Å². The van der Waals surface area contributed by atoms with Crippen molar-refractivity contribution in [2.75, 3.05) is 11.9 Å². The number of rotatable bonds is 6. The fourth-order valence-corrected chi connectivity index (χ4v) is 1.39. The monoisotopic (exact) mass is 252 g/mol. The number of carboxylic acid groups (broad SMARTS) is 1. The minimum absolute atomic E-state index is 0.209. The molecule has 1 atom stereocenters. The molecule has 0 radical (unpaired) electrons.